The molecule has 0 radical (unpaired) electrons. The molecule has 2 N–H and O–H groups in total. The fourth-order valence-electron chi connectivity index (χ4n) is 1.87. The molecule has 120 valence electrons. The Kier molecular flexibility index (Phi) is 4.81. The van der Waals surface area contributed by atoms with Crippen LogP contribution in [0.1, 0.15) is 13.8 Å². The number of sulfonamides is 1. The zero-order valence-corrected chi connectivity index (χ0v) is 13.8. The second-order valence-corrected chi connectivity index (χ2v) is 7.89. The van der Waals surface area contributed by atoms with Crippen molar-refractivity contribution in [3.8, 4) is 0 Å². The maximum atomic E-state index is 12.5. The molecule has 0 fully saturated rings. The number of nitrogens with two attached hydrogens (primary N) is 1. The van der Waals surface area contributed by atoms with E-state index in [4.69, 9.17) is 5.73 Å². The Labute approximate surface area is 123 Å². The minimum Gasteiger partial charge on any atom is -0.330 e. The molecule has 0 bridgehead atoms. The number of rotatable bonds is 5. The van der Waals surface area contributed by atoms with Crippen LogP contribution in [0.4, 0.5) is 0 Å². The summed E-state index contributed by atoms with van der Waals surface area (Å²) in [7, 11) is 0.0332. The van der Waals surface area contributed by atoms with Gasteiger partial charge in [0.05, 0.1) is 0 Å². The SMILES string of the molecule is CN(CC(C)(C)CN)S(=O)(=O)c1cn(C)c(=O)n(C)c1=O. The molecule has 0 saturated carbocycles. The van der Waals surface area contributed by atoms with Crippen molar-refractivity contribution in [2.24, 2.45) is 25.2 Å². The van der Waals surface area contributed by atoms with Crippen molar-refractivity contribution in [1.29, 1.82) is 0 Å². The van der Waals surface area contributed by atoms with Crippen molar-refractivity contribution in [2.75, 3.05) is 20.1 Å². The molecule has 0 atom stereocenters. The molecule has 1 rings (SSSR count). The minimum atomic E-state index is -3.99. The first kappa shape index (κ1) is 17.6. The lowest BCUT2D eigenvalue weighted by Crippen LogP contribution is -2.44. The molecule has 8 nitrogen and oxygen atoms in total. The lowest BCUT2D eigenvalue weighted by molar-refractivity contribution is 0.291. The van der Waals surface area contributed by atoms with E-state index in [9.17, 15) is 18.0 Å². The molecule has 0 aliphatic carbocycles. The van der Waals surface area contributed by atoms with Gasteiger partial charge in [-0.3, -0.25) is 9.36 Å². The summed E-state index contributed by atoms with van der Waals surface area (Å²) < 4.78 is 28.0. The van der Waals surface area contributed by atoms with Crippen molar-refractivity contribution in [3.63, 3.8) is 0 Å². The van der Waals surface area contributed by atoms with Gasteiger partial charge >= 0.3 is 5.69 Å². The largest absolute Gasteiger partial charge is 0.330 e. The topological polar surface area (TPSA) is 107 Å². The van der Waals surface area contributed by atoms with Crippen LogP contribution in [0.5, 0.6) is 0 Å². The summed E-state index contributed by atoms with van der Waals surface area (Å²) in [6.07, 6.45) is 1.05. The summed E-state index contributed by atoms with van der Waals surface area (Å²) in [4.78, 5) is 23.2. The van der Waals surface area contributed by atoms with Gasteiger partial charge in [0.25, 0.3) is 5.56 Å². The molecule has 9 heteroatoms. The molecular formula is C12H22N4O4S. The van der Waals surface area contributed by atoms with Crippen LogP contribution in [0.25, 0.3) is 0 Å². The van der Waals surface area contributed by atoms with Crippen LogP contribution in [-0.4, -0.2) is 42.0 Å². The monoisotopic (exact) mass is 318 g/mol. The van der Waals surface area contributed by atoms with Gasteiger partial charge < -0.3 is 10.3 Å². The molecule has 0 amide bonds. The quantitative estimate of drug-likeness (QED) is 0.725. The lowest BCUT2D eigenvalue weighted by Gasteiger charge is -2.28. The summed E-state index contributed by atoms with van der Waals surface area (Å²) in [5.41, 5.74) is 3.76. The predicted molar refractivity (Wildman–Crippen MR) is 79.6 cm³/mol. The molecule has 0 saturated heterocycles. The van der Waals surface area contributed by atoms with Gasteiger partial charge in [-0.1, -0.05) is 13.8 Å². The van der Waals surface area contributed by atoms with Gasteiger partial charge in [-0.05, 0) is 12.0 Å². The van der Waals surface area contributed by atoms with Crippen molar-refractivity contribution in [1.82, 2.24) is 13.4 Å². The highest BCUT2D eigenvalue weighted by Crippen LogP contribution is 2.18. The molecular weight excluding hydrogens is 296 g/mol. The normalized spacial score (nSPS) is 12.9. The van der Waals surface area contributed by atoms with E-state index in [-0.39, 0.29) is 6.54 Å². The second-order valence-electron chi connectivity index (χ2n) is 5.88. The summed E-state index contributed by atoms with van der Waals surface area (Å²) >= 11 is 0. The highest BCUT2D eigenvalue weighted by atomic mass is 32.2. The summed E-state index contributed by atoms with van der Waals surface area (Å²) in [5.74, 6) is 0. The van der Waals surface area contributed by atoms with E-state index in [1.54, 1.807) is 0 Å². The third kappa shape index (κ3) is 3.42. The maximum absolute atomic E-state index is 12.5. The van der Waals surface area contributed by atoms with Crippen LogP contribution in [0.2, 0.25) is 0 Å². The molecule has 0 spiro atoms. The maximum Gasteiger partial charge on any atom is 0.330 e. The number of aromatic nitrogens is 2. The van der Waals surface area contributed by atoms with Crippen LogP contribution in [0, 0.1) is 5.41 Å². The van der Waals surface area contributed by atoms with Crippen LogP contribution in [-0.2, 0) is 24.1 Å². The molecule has 0 aromatic carbocycles. The summed E-state index contributed by atoms with van der Waals surface area (Å²) in [5, 5.41) is 0. The van der Waals surface area contributed by atoms with Crippen molar-refractivity contribution < 1.29 is 8.42 Å². The third-order valence-electron chi connectivity index (χ3n) is 3.31. The van der Waals surface area contributed by atoms with Crippen LogP contribution >= 0.6 is 0 Å². The average molecular weight is 318 g/mol. The standard InChI is InChI=1S/C12H22N4O4S/c1-12(2,7-13)8-15(4)21(19,20)9-6-14(3)11(18)16(5)10(9)17/h6H,7-8,13H2,1-5H3. The molecule has 0 aliphatic heterocycles. The van der Waals surface area contributed by atoms with Gasteiger partial charge in [0.1, 0.15) is 0 Å². The van der Waals surface area contributed by atoms with E-state index in [0.29, 0.717) is 6.54 Å². The highest BCUT2D eigenvalue weighted by molar-refractivity contribution is 7.89. The summed E-state index contributed by atoms with van der Waals surface area (Å²) in [6.45, 7) is 4.13. The fourth-order valence-corrected chi connectivity index (χ4v) is 3.38. The predicted octanol–water partition coefficient (Wildman–Crippen LogP) is -1.31. The Balaban J connectivity index is 3.40. The highest BCUT2D eigenvalue weighted by Gasteiger charge is 2.30. The molecule has 0 unspecified atom stereocenters. The Morgan fingerprint density at radius 1 is 1.29 bits per heavy atom. The number of nitrogens with zero attached hydrogens (tertiary/aromatic N) is 3. The Morgan fingerprint density at radius 3 is 2.29 bits per heavy atom. The van der Waals surface area contributed by atoms with E-state index in [1.165, 1.54) is 21.1 Å². The zero-order chi connectivity index (χ0) is 16.6. The van der Waals surface area contributed by atoms with Gasteiger partial charge in [0.15, 0.2) is 4.90 Å². The Hall–Kier alpha value is -1.45. The van der Waals surface area contributed by atoms with Crippen molar-refractivity contribution >= 4 is 10.0 Å². The van der Waals surface area contributed by atoms with Crippen LogP contribution in [0.15, 0.2) is 20.7 Å². The fraction of sp³-hybridized carbons (Fsp3) is 0.667. The molecule has 1 heterocycles. The van der Waals surface area contributed by atoms with Gasteiger partial charge in [0, 0.05) is 33.9 Å². The van der Waals surface area contributed by atoms with Gasteiger partial charge in [-0.15, -0.1) is 0 Å². The first-order valence-corrected chi connectivity index (χ1v) is 7.81. The third-order valence-corrected chi connectivity index (χ3v) is 5.09. The average Bonchev–Trinajstić information content (AvgIpc) is 2.39. The van der Waals surface area contributed by atoms with Gasteiger partial charge in [-0.2, -0.15) is 0 Å². The van der Waals surface area contributed by atoms with E-state index >= 15 is 0 Å². The van der Waals surface area contributed by atoms with E-state index in [0.717, 1.165) is 19.6 Å². The van der Waals surface area contributed by atoms with Crippen LogP contribution in [0.3, 0.4) is 0 Å². The van der Waals surface area contributed by atoms with E-state index < -0.39 is 31.6 Å². The first-order chi connectivity index (χ1) is 9.44. The van der Waals surface area contributed by atoms with Crippen molar-refractivity contribution in [2.45, 2.75) is 18.7 Å². The number of aryl methyl sites for hydroxylation is 1. The smallest absolute Gasteiger partial charge is 0.330 e. The molecule has 1 aromatic heterocycles. The first-order valence-electron chi connectivity index (χ1n) is 6.37. The summed E-state index contributed by atoms with van der Waals surface area (Å²) in [6, 6.07) is 0. The number of hydrogen-bond donors (Lipinski definition) is 1. The van der Waals surface area contributed by atoms with Gasteiger partial charge in [-0.25, -0.2) is 17.5 Å². The second kappa shape index (κ2) is 5.74. The lowest BCUT2D eigenvalue weighted by atomic mass is 9.94. The van der Waals surface area contributed by atoms with Crippen LogP contribution < -0.4 is 17.0 Å². The number of hydrogen-bond acceptors (Lipinski definition) is 5. The van der Waals surface area contributed by atoms with E-state index in [2.05, 4.69) is 0 Å². The van der Waals surface area contributed by atoms with E-state index in [1.807, 2.05) is 13.8 Å². The Bertz CT molecular complexity index is 746. The van der Waals surface area contributed by atoms with Crippen molar-refractivity contribution in [3.05, 3.63) is 27.0 Å². The molecule has 0 aliphatic rings. The molecule has 21 heavy (non-hydrogen) atoms. The minimum absolute atomic E-state index is 0.165. The zero-order valence-electron chi connectivity index (χ0n) is 13.0. The van der Waals surface area contributed by atoms with Gasteiger partial charge in [0.2, 0.25) is 10.0 Å². The Morgan fingerprint density at radius 2 is 1.81 bits per heavy atom. The molecule has 1 aromatic rings.